The maximum absolute atomic E-state index is 12.2. The first-order chi connectivity index (χ1) is 16.6. The number of carbonyl (C=O) groups is 1. The standard InChI is InChI=1S/C25H21ClN4OS3/c1-17(18-11-13-20(14-12-18)19-7-3-2-4-8-19)27-28-23(31)16-33-25-30-29-24(34-25)32-15-21-9-5-6-10-22(21)26/h2-14H,15-16H2,1H3,(H,28,31)/b27-17-. The Balaban J connectivity index is 1.24. The zero-order valence-electron chi connectivity index (χ0n) is 18.3. The minimum atomic E-state index is -0.189. The molecule has 1 amide bonds. The van der Waals surface area contributed by atoms with E-state index in [1.807, 2.05) is 61.5 Å². The second kappa shape index (κ2) is 12.2. The Morgan fingerprint density at radius 3 is 2.29 bits per heavy atom. The van der Waals surface area contributed by atoms with Gasteiger partial charge in [0.05, 0.1) is 11.5 Å². The van der Waals surface area contributed by atoms with Crippen molar-refractivity contribution in [3.05, 3.63) is 95.0 Å². The van der Waals surface area contributed by atoms with Crippen molar-refractivity contribution in [2.45, 2.75) is 21.4 Å². The molecule has 172 valence electrons. The number of amides is 1. The van der Waals surface area contributed by atoms with Crippen LogP contribution in [0.15, 0.2) is 92.6 Å². The summed E-state index contributed by atoms with van der Waals surface area (Å²) in [5, 5.41) is 13.3. The number of aromatic nitrogens is 2. The lowest BCUT2D eigenvalue weighted by atomic mass is 10.0. The highest BCUT2D eigenvalue weighted by Crippen LogP contribution is 2.32. The van der Waals surface area contributed by atoms with Crippen LogP contribution in [0.2, 0.25) is 5.02 Å². The number of halogens is 1. The van der Waals surface area contributed by atoms with Gasteiger partial charge >= 0.3 is 0 Å². The van der Waals surface area contributed by atoms with Gasteiger partial charge in [-0.2, -0.15) is 5.10 Å². The van der Waals surface area contributed by atoms with Gasteiger partial charge in [0.15, 0.2) is 8.68 Å². The molecule has 0 radical (unpaired) electrons. The Bertz CT molecular complexity index is 1280. The molecule has 0 saturated heterocycles. The topological polar surface area (TPSA) is 67.2 Å². The minimum Gasteiger partial charge on any atom is -0.272 e. The molecular weight excluding hydrogens is 504 g/mol. The highest BCUT2D eigenvalue weighted by atomic mass is 35.5. The first-order valence-electron chi connectivity index (χ1n) is 10.4. The largest absolute Gasteiger partial charge is 0.272 e. The fourth-order valence-electron chi connectivity index (χ4n) is 2.97. The summed E-state index contributed by atoms with van der Waals surface area (Å²) in [4.78, 5) is 12.2. The molecule has 9 heteroatoms. The molecule has 0 unspecified atom stereocenters. The molecule has 0 atom stereocenters. The van der Waals surface area contributed by atoms with Gasteiger partial charge < -0.3 is 0 Å². The smallest absolute Gasteiger partial charge is 0.250 e. The van der Waals surface area contributed by atoms with E-state index < -0.39 is 0 Å². The van der Waals surface area contributed by atoms with Gasteiger partial charge in [-0.25, -0.2) is 5.43 Å². The lowest BCUT2D eigenvalue weighted by Gasteiger charge is -2.05. The van der Waals surface area contributed by atoms with Gasteiger partial charge in [-0.1, -0.05) is 119 Å². The number of carbonyl (C=O) groups excluding carboxylic acids is 1. The van der Waals surface area contributed by atoms with Crippen molar-refractivity contribution >= 4 is 58.1 Å². The molecule has 0 aliphatic carbocycles. The Morgan fingerprint density at radius 2 is 1.56 bits per heavy atom. The SMILES string of the molecule is C/C(=N/NC(=O)CSc1nnc(SCc2ccccc2Cl)s1)c1ccc(-c2ccccc2)cc1. The van der Waals surface area contributed by atoms with Crippen LogP contribution in [-0.4, -0.2) is 27.6 Å². The normalized spacial score (nSPS) is 11.4. The van der Waals surface area contributed by atoms with Crippen LogP contribution in [0, 0.1) is 0 Å². The molecule has 0 bridgehead atoms. The quantitative estimate of drug-likeness (QED) is 0.148. The predicted octanol–water partition coefficient (Wildman–Crippen LogP) is 6.78. The number of hydrogen-bond acceptors (Lipinski definition) is 7. The predicted molar refractivity (Wildman–Crippen MR) is 144 cm³/mol. The number of hydrogen-bond donors (Lipinski definition) is 1. The monoisotopic (exact) mass is 524 g/mol. The van der Waals surface area contributed by atoms with Crippen LogP contribution in [-0.2, 0) is 10.5 Å². The van der Waals surface area contributed by atoms with E-state index in [1.54, 1.807) is 11.8 Å². The van der Waals surface area contributed by atoms with Crippen molar-refractivity contribution in [3.8, 4) is 11.1 Å². The van der Waals surface area contributed by atoms with Crippen molar-refractivity contribution in [3.63, 3.8) is 0 Å². The second-order valence-corrected chi connectivity index (χ2v) is 11.0. The van der Waals surface area contributed by atoms with E-state index in [2.05, 4.69) is 45.0 Å². The van der Waals surface area contributed by atoms with Crippen molar-refractivity contribution < 1.29 is 4.79 Å². The lowest BCUT2D eigenvalue weighted by molar-refractivity contribution is -0.118. The van der Waals surface area contributed by atoms with Crippen LogP contribution in [0.4, 0.5) is 0 Å². The van der Waals surface area contributed by atoms with Crippen LogP contribution in [0.5, 0.6) is 0 Å². The molecule has 0 aliphatic heterocycles. The highest BCUT2D eigenvalue weighted by molar-refractivity contribution is 8.03. The molecule has 0 fully saturated rings. The average Bonchev–Trinajstić information content (AvgIpc) is 3.34. The fourth-order valence-corrected chi connectivity index (χ4v) is 6.07. The molecule has 1 heterocycles. The number of benzene rings is 3. The highest BCUT2D eigenvalue weighted by Gasteiger charge is 2.10. The molecule has 3 aromatic carbocycles. The first kappa shape index (κ1) is 24.5. The number of nitrogens with zero attached hydrogens (tertiary/aromatic N) is 3. The van der Waals surface area contributed by atoms with Gasteiger partial charge in [0.25, 0.3) is 5.91 Å². The molecule has 0 spiro atoms. The van der Waals surface area contributed by atoms with Gasteiger partial charge in [-0.05, 0) is 35.2 Å². The van der Waals surface area contributed by atoms with Crippen LogP contribution in [0.3, 0.4) is 0 Å². The van der Waals surface area contributed by atoms with E-state index in [-0.39, 0.29) is 11.7 Å². The molecule has 34 heavy (non-hydrogen) atoms. The van der Waals surface area contributed by atoms with E-state index in [1.165, 1.54) is 23.1 Å². The summed E-state index contributed by atoms with van der Waals surface area (Å²) in [5.41, 5.74) is 7.68. The molecule has 4 rings (SSSR count). The van der Waals surface area contributed by atoms with Gasteiger partial charge in [0, 0.05) is 10.8 Å². The second-order valence-electron chi connectivity index (χ2n) is 7.18. The van der Waals surface area contributed by atoms with Crippen LogP contribution in [0.25, 0.3) is 11.1 Å². The van der Waals surface area contributed by atoms with Gasteiger partial charge in [-0.15, -0.1) is 10.2 Å². The third kappa shape index (κ3) is 6.93. The van der Waals surface area contributed by atoms with Crippen LogP contribution >= 0.6 is 46.5 Å². The van der Waals surface area contributed by atoms with Crippen LogP contribution < -0.4 is 5.43 Å². The average molecular weight is 525 g/mol. The van der Waals surface area contributed by atoms with E-state index in [0.29, 0.717) is 0 Å². The fraction of sp³-hybridized carbons (Fsp3) is 0.120. The summed E-state index contributed by atoms with van der Waals surface area (Å²) in [6.45, 7) is 1.87. The molecular formula is C25H21ClN4OS3. The molecule has 1 aromatic heterocycles. The summed E-state index contributed by atoms with van der Waals surface area (Å²) in [7, 11) is 0. The maximum atomic E-state index is 12.2. The molecule has 0 saturated carbocycles. The summed E-state index contributed by atoms with van der Waals surface area (Å²) in [5.74, 6) is 0.749. The van der Waals surface area contributed by atoms with Crippen molar-refractivity contribution in [2.75, 3.05) is 5.75 Å². The molecule has 0 aliphatic rings. The minimum absolute atomic E-state index is 0.189. The van der Waals surface area contributed by atoms with E-state index in [9.17, 15) is 4.79 Å². The maximum Gasteiger partial charge on any atom is 0.250 e. The zero-order valence-corrected chi connectivity index (χ0v) is 21.5. The number of thioether (sulfide) groups is 2. The van der Waals surface area contributed by atoms with Crippen LogP contribution in [0.1, 0.15) is 18.1 Å². The summed E-state index contributed by atoms with van der Waals surface area (Å²) >= 11 is 10.6. The molecule has 1 N–H and O–H groups in total. The van der Waals surface area contributed by atoms with E-state index >= 15 is 0 Å². The van der Waals surface area contributed by atoms with E-state index in [0.717, 1.165) is 47.4 Å². The third-order valence-corrected chi connectivity index (χ3v) is 8.39. The zero-order chi connectivity index (χ0) is 23.8. The van der Waals surface area contributed by atoms with Crippen molar-refractivity contribution in [1.29, 1.82) is 0 Å². The Morgan fingerprint density at radius 1 is 0.912 bits per heavy atom. The van der Waals surface area contributed by atoms with Gasteiger partial charge in [0.1, 0.15) is 0 Å². The Labute approximate surface area is 216 Å². The van der Waals surface area contributed by atoms with Gasteiger partial charge in [0.2, 0.25) is 0 Å². The van der Waals surface area contributed by atoms with Crippen molar-refractivity contribution in [1.82, 2.24) is 15.6 Å². The number of rotatable bonds is 9. The Hall–Kier alpha value is -2.65. The third-order valence-electron chi connectivity index (χ3n) is 4.78. The lowest BCUT2D eigenvalue weighted by Crippen LogP contribution is -2.21. The van der Waals surface area contributed by atoms with Crippen molar-refractivity contribution in [2.24, 2.45) is 5.10 Å². The first-order valence-corrected chi connectivity index (χ1v) is 13.6. The van der Waals surface area contributed by atoms with E-state index in [4.69, 9.17) is 11.6 Å². The molecule has 5 nitrogen and oxygen atoms in total. The summed E-state index contributed by atoms with van der Waals surface area (Å²) in [6.07, 6.45) is 0. The summed E-state index contributed by atoms with van der Waals surface area (Å²) in [6, 6.07) is 26.1. The number of hydrazone groups is 1. The Kier molecular flexibility index (Phi) is 8.76. The summed E-state index contributed by atoms with van der Waals surface area (Å²) < 4.78 is 1.59. The number of nitrogens with one attached hydrogen (secondary N) is 1. The van der Waals surface area contributed by atoms with Gasteiger partial charge in [-0.3, -0.25) is 4.79 Å². The molecule has 4 aromatic rings.